The molecule has 2 atom stereocenters. The lowest BCUT2D eigenvalue weighted by atomic mass is 10.1. The summed E-state index contributed by atoms with van der Waals surface area (Å²) in [7, 11) is 0. The van der Waals surface area contributed by atoms with Crippen molar-refractivity contribution in [2.45, 2.75) is 187 Å². The van der Waals surface area contributed by atoms with E-state index in [1.165, 1.54) is 135 Å². The maximum atomic E-state index is 10.7. The average Bonchev–Trinajstić information content (AvgIpc) is 2.96. The number of aliphatic hydroxyl groups excluding tert-OH is 2. The van der Waals surface area contributed by atoms with Gasteiger partial charge >= 0.3 is 0 Å². The summed E-state index contributed by atoms with van der Waals surface area (Å²) >= 11 is 0. The number of hydrogen-bond donors (Lipinski definition) is 2. The van der Waals surface area contributed by atoms with Crippen LogP contribution in [0.15, 0.2) is 0 Å². The van der Waals surface area contributed by atoms with E-state index in [4.69, 9.17) is 9.47 Å². The lowest BCUT2D eigenvalue weighted by Gasteiger charge is -2.27. The molecule has 0 spiro atoms. The molecule has 0 rings (SSSR count). The molecule has 0 heterocycles. The fourth-order valence-electron chi connectivity index (χ4n) is 5.54. The van der Waals surface area contributed by atoms with Crippen molar-refractivity contribution in [1.82, 2.24) is 4.90 Å². The Morgan fingerprint density at radius 1 is 0.415 bits per heavy atom. The van der Waals surface area contributed by atoms with Crippen LogP contribution in [0.25, 0.3) is 0 Å². The molecule has 0 fully saturated rings. The summed E-state index contributed by atoms with van der Waals surface area (Å²) in [5, 5.41) is 21.3. The predicted molar refractivity (Wildman–Crippen MR) is 178 cm³/mol. The predicted octanol–water partition coefficient (Wildman–Crippen LogP) is 9.47. The van der Waals surface area contributed by atoms with Gasteiger partial charge in [0.2, 0.25) is 0 Å². The van der Waals surface area contributed by atoms with Gasteiger partial charge in [-0.05, 0) is 25.8 Å². The van der Waals surface area contributed by atoms with E-state index in [2.05, 4.69) is 25.7 Å². The highest BCUT2D eigenvalue weighted by Crippen LogP contribution is 2.11. The number of nitrogens with zero attached hydrogens (tertiary/aromatic N) is 1. The molecule has 0 bridgehead atoms. The van der Waals surface area contributed by atoms with Crippen LogP contribution in [0.3, 0.4) is 0 Å². The highest BCUT2D eigenvalue weighted by Gasteiger charge is 2.16. The Kier molecular flexibility index (Phi) is 34.1. The minimum Gasteiger partial charge on any atom is -0.389 e. The van der Waals surface area contributed by atoms with Crippen molar-refractivity contribution in [3.8, 4) is 0 Å². The summed E-state index contributed by atoms with van der Waals surface area (Å²) in [4.78, 5) is 2.23. The smallest absolute Gasteiger partial charge is 0.0900 e. The van der Waals surface area contributed by atoms with E-state index in [0.29, 0.717) is 26.3 Å². The van der Waals surface area contributed by atoms with E-state index in [1.54, 1.807) is 0 Å². The van der Waals surface area contributed by atoms with Crippen molar-refractivity contribution in [3.05, 3.63) is 0 Å². The molecule has 0 aromatic rings. The molecule has 0 aromatic carbocycles. The maximum Gasteiger partial charge on any atom is 0.0900 e. The van der Waals surface area contributed by atoms with Gasteiger partial charge in [0.25, 0.3) is 0 Å². The summed E-state index contributed by atoms with van der Waals surface area (Å²) < 4.78 is 11.6. The lowest BCUT2D eigenvalue weighted by molar-refractivity contribution is -0.0113. The highest BCUT2D eigenvalue weighted by atomic mass is 16.5. The molecule has 0 aliphatic rings. The molecule has 0 amide bonds. The highest BCUT2D eigenvalue weighted by molar-refractivity contribution is 4.69. The number of aliphatic hydroxyl groups is 2. The number of ether oxygens (including phenoxy) is 2. The minimum absolute atomic E-state index is 0.384. The second-order valence-corrected chi connectivity index (χ2v) is 12.6. The standard InChI is InChI=1S/C36H75NO4/c1-4-7-10-13-16-19-22-25-28-37(31-35(38)33-40-29-26-23-20-17-14-11-8-5-2)32-36(39)34-41-30-27-24-21-18-15-12-9-6-3/h35-36,38-39H,4-34H2,1-3H3. The molecule has 0 radical (unpaired) electrons. The van der Waals surface area contributed by atoms with Gasteiger partial charge in [0.15, 0.2) is 0 Å². The monoisotopic (exact) mass is 586 g/mol. The summed E-state index contributed by atoms with van der Waals surface area (Å²) in [6.45, 7) is 11.1. The Labute approximate surface area is 257 Å². The number of rotatable bonds is 35. The van der Waals surface area contributed by atoms with Crippen LogP contribution in [0.2, 0.25) is 0 Å². The average molecular weight is 586 g/mol. The van der Waals surface area contributed by atoms with Gasteiger partial charge in [0, 0.05) is 26.3 Å². The van der Waals surface area contributed by atoms with Crippen LogP contribution in [0, 0.1) is 0 Å². The van der Waals surface area contributed by atoms with Gasteiger partial charge in [0.05, 0.1) is 25.4 Å². The first kappa shape index (κ1) is 40.8. The topological polar surface area (TPSA) is 62.2 Å². The van der Waals surface area contributed by atoms with Gasteiger partial charge in [-0.25, -0.2) is 0 Å². The van der Waals surface area contributed by atoms with E-state index in [0.717, 1.165) is 39.0 Å². The largest absolute Gasteiger partial charge is 0.389 e. The summed E-state index contributed by atoms with van der Waals surface area (Å²) in [5.74, 6) is 0. The zero-order chi connectivity index (χ0) is 30.1. The molecule has 0 aromatic heterocycles. The SMILES string of the molecule is CCCCCCCCCCOCC(O)CN(CCCCCCCCCC)CC(O)COCCCCCCCCCC. The minimum atomic E-state index is -0.511. The molecule has 41 heavy (non-hydrogen) atoms. The fourth-order valence-corrected chi connectivity index (χ4v) is 5.54. The Balaban J connectivity index is 4.15. The molecule has 5 heteroatoms. The Morgan fingerprint density at radius 3 is 1.05 bits per heavy atom. The van der Waals surface area contributed by atoms with Crippen molar-refractivity contribution in [2.24, 2.45) is 0 Å². The quantitative estimate of drug-likeness (QED) is 0.0725. The van der Waals surface area contributed by atoms with Gasteiger partial charge < -0.3 is 19.7 Å². The first-order valence-electron chi connectivity index (χ1n) is 18.4. The van der Waals surface area contributed by atoms with Gasteiger partial charge in [-0.3, -0.25) is 4.90 Å². The first-order valence-corrected chi connectivity index (χ1v) is 18.4. The molecule has 0 aliphatic heterocycles. The van der Waals surface area contributed by atoms with Gasteiger partial charge in [0.1, 0.15) is 0 Å². The molecule has 0 saturated carbocycles. The molecule has 0 aliphatic carbocycles. The van der Waals surface area contributed by atoms with Gasteiger partial charge in [-0.2, -0.15) is 0 Å². The van der Waals surface area contributed by atoms with E-state index in [9.17, 15) is 10.2 Å². The van der Waals surface area contributed by atoms with Crippen LogP contribution in [0.1, 0.15) is 175 Å². The van der Waals surface area contributed by atoms with Crippen molar-refractivity contribution in [3.63, 3.8) is 0 Å². The zero-order valence-corrected chi connectivity index (χ0v) is 28.2. The second-order valence-electron chi connectivity index (χ2n) is 12.6. The van der Waals surface area contributed by atoms with E-state index in [1.807, 2.05) is 0 Å². The van der Waals surface area contributed by atoms with Crippen molar-refractivity contribution >= 4 is 0 Å². The molecule has 2 N–H and O–H groups in total. The molecule has 5 nitrogen and oxygen atoms in total. The number of hydrogen-bond acceptors (Lipinski definition) is 5. The third-order valence-electron chi connectivity index (χ3n) is 8.17. The molecule has 2 unspecified atom stereocenters. The summed E-state index contributed by atoms with van der Waals surface area (Å²) in [6, 6.07) is 0. The van der Waals surface area contributed by atoms with Crippen LogP contribution in [-0.2, 0) is 9.47 Å². The van der Waals surface area contributed by atoms with Crippen LogP contribution >= 0.6 is 0 Å². The van der Waals surface area contributed by atoms with Crippen LogP contribution < -0.4 is 0 Å². The van der Waals surface area contributed by atoms with Gasteiger partial charge in [-0.15, -0.1) is 0 Å². The third-order valence-corrected chi connectivity index (χ3v) is 8.17. The van der Waals surface area contributed by atoms with Crippen LogP contribution in [0.5, 0.6) is 0 Å². The Morgan fingerprint density at radius 2 is 0.707 bits per heavy atom. The van der Waals surface area contributed by atoms with Crippen LogP contribution in [0.4, 0.5) is 0 Å². The molecular formula is C36H75NO4. The fraction of sp³-hybridized carbons (Fsp3) is 1.00. The summed E-state index contributed by atoms with van der Waals surface area (Å²) in [5.41, 5.74) is 0. The van der Waals surface area contributed by atoms with E-state index < -0.39 is 12.2 Å². The Bertz CT molecular complexity index is 446. The van der Waals surface area contributed by atoms with Gasteiger partial charge in [-0.1, -0.05) is 156 Å². The first-order chi connectivity index (χ1) is 20.1. The van der Waals surface area contributed by atoms with Crippen molar-refractivity contribution < 1.29 is 19.7 Å². The molecule has 0 saturated heterocycles. The Hall–Kier alpha value is -0.200. The zero-order valence-electron chi connectivity index (χ0n) is 28.2. The second kappa shape index (κ2) is 34.3. The normalized spacial score (nSPS) is 13.3. The molecule has 248 valence electrons. The van der Waals surface area contributed by atoms with Crippen LogP contribution in [-0.4, -0.2) is 73.4 Å². The van der Waals surface area contributed by atoms with E-state index >= 15 is 0 Å². The molecular weight excluding hydrogens is 510 g/mol. The maximum absolute atomic E-state index is 10.7. The number of unbranched alkanes of at least 4 members (excludes halogenated alkanes) is 21. The lowest BCUT2D eigenvalue weighted by Crippen LogP contribution is -2.41. The van der Waals surface area contributed by atoms with Crippen molar-refractivity contribution in [2.75, 3.05) is 46.1 Å². The summed E-state index contributed by atoms with van der Waals surface area (Å²) in [6.07, 6.45) is 29.9. The third kappa shape index (κ3) is 32.5. The van der Waals surface area contributed by atoms with Crippen molar-refractivity contribution in [1.29, 1.82) is 0 Å². The van der Waals surface area contributed by atoms with E-state index in [-0.39, 0.29) is 0 Å².